The van der Waals surface area contributed by atoms with Gasteiger partial charge in [0, 0.05) is 12.6 Å². The lowest BCUT2D eigenvalue weighted by atomic mass is 10.1. The van der Waals surface area contributed by atoms with Crippen LogP contribution < -0.4 is 0 Å². The molecule has 0 aromatic heterocycles. The van der Waals surface area contributed by atoms with Gasteiger partial charge in [0.2, 0.25) is 0 Å². The summed E-state index contributed by atoms with van der Waals surface area (Å²) in [4.78, 5) is 13.3. The van der Waals surface area contributed by atoms with E-state index in [4.69, 9.17) is 5.11 Å². The molecule has 1 aromatic rings. The highest BCUT2D eigenvalue weighted by Gasteiger charge is 2.17. The fourth-order valence-corrected chi connectivity index (χ4v) is 1.42. The van der Waals surface area contributed by atoms with Gasteiger partial charge >= 0.3 is 0 Å². The van der Waals surface area contributed by atoms with E-state index in [1.165, 1.54) is 11.0 Å². The van der Waals surface area contributed by atoms with Crippen molar-refractivity contribution in [3.63, 3.8) is 0 Å². The van der Waals surface area contributed by atoms with E-state index in [0.29, 0.717) is 10.0 Å². The summed E-state index contributed by atoms with van der Waals surface area (Å²) in [7, 11) is 1.61. The van der Waals surface area contributed by atoms with Crippen molar-refractivity contribution >= 4 is 21.8 Å². The number of carbonyl (C=O) groups is 1. The smallest absolute Gasteiger partial charge is 0.254 e. The minimum atomic E-state index is -0.252. The normalized spacial score (nSPS) is 12.2. The van der Waals surface area contributed by atoms with Gasteiger partial charge < -0.3 is 15.1 Å². The lowest BCUT2D eigenvalue weighted by Crippen LogP contribution is -2.37. The quantitative estimate of drug-likeness (QED) is 0.888. The number of rotatable bonds is 3. The third-order valence-electron chi connectivity index (χ3n) is 2.44. The zero-order valence-corrected chi connectivity index (χ0v) is 10.7. The predicted molar refractivity (Wildman–Crippen MR) is 64.4 cm³/mol. The number of nitrogens with zero attached hydrogens (tertiary/aromatic N) is 1. The third-order valence-corrected chi connectivity index (χ3v) is 3.11. The highest BCUT2D eigenvalue weighted by molar-refractivity contribution is 9.10. The van der Waals surface area contributed by atoms with Crippen LogP contribution in [0.4, 0.5) is 0 Å². The van der Waals surface area contributed by atoms with Gasteiger partial charge in [0.25, 0.3) is 5.91 Å². The van der Waals surface area contributed by atoms with Crippen molar-refractivity contribution in [2.75, 3.05) is 13.7 Å². The molecule has 5 heteroatoms. The highest BCUT2D eigenvalue weighted by Crippen LogP contribution is 2.24. The first-order valence-corrected chi connectivity index (χ1v) is 5.63. The molecule has 0 aliphatic rings. The number of halogens is 1. The minimum absolute atomic E-state index is 0.0240. The molecular formula is C11H14BrNO3. The Labute approximate surface area is 103 Å². The fourth-order valence-electron chi connectivity index (χ4n) is 1.17. The van der Waals surface area contributed by atoms with Gasteiger partial charge in [-0.1, -0.05) is 0 Å². The van der Waals surface area contributed by atoms with Crippen molar-refractivity contribution in [2.45, 2.75) is 13.0 Å². The van der Waals surface area contributed by atoms with Crippen LogP contribution in [0.2, 0.25) is 0 Å². The van der Waals surface area contributed by atoms with Crippen molar-refractivity contribution in [2.24, 2.45) is 0 Å². The molecular weight excluding hydrogens is 274 g/mol. The molecule has 0 heterocycles. The average Bonchev–Trinajstić information content (AvgIpc) is 2.29. The van der Waals surface area contributed by atoms with Crippen LogP contribution in [0.25, 0.3) is 0 Å². The number of hydrogen-bond donors (Lipinski definition) is 2. The summed E-state index contributed by atoms with van der Waals surface area (Å²) in [6.45, 7) is 1.65. The van der Waals surface area contributed by atoms with Gasteiger partial charge in [-0.3, -0.25) is 4.79 Å². The molecule has 1 amide bonds. The number of carbonyl (C=O) groups excluding carboxylic acids is 1. The predicted octanol–water partition coefficient (Wildman–Crippen LogP) is 1.61. The lowest BCUT2D eigenvalue weighted by molar-refractivity contribution is 0.0682. The Kier molecular flexibility index (Phi) is 4.32. The Balaban J connectivity index is 2.92. The molecule has 0 saturated heterocycles. The Morgan fingerprint density at radius 1 is 1.56 bits per heavy atom. The maximum Gasteiger partial charge on any atom is 0.254 e. The van der Waals surface area contributed by atoms with Crippen LogP contribution in [0.15, 0.2) is 22.7 Å². The largest absolute Gasteiger partial charge is 0.507 e. The molecule has 1 rings (SSSR count). The van der Waals surface area contributed by atoms with Crippen LogP contribution in [0.5, 0.6) is 5.75 Å². The molecule has 0 aliphatic heterocycles. The topological polar surface area (TPSA) is 60.8 Å². The number of likely N-dealkylation sites (N-methyl/N-ethyl adjacent to an activating group) is 1. The van der Waals surface area contributed by atoms with Gasteiger partial charge in [-0.15, -0.1) is 0 Å². The van der Waals surface area contributed by atoms with Crippen molar-refractivity contribution in [3.05, 3.63) is 28.2 Å². The van der Waals surface area contributed by atoms with E-state index >= 15 is 0 Å². The molecule has 1 unspecified atom stereocenters. The summed E-state index contributed by atoms with van der Waals surface area (Å²) in [5.74, 6) is -0.208. The summed E-state index contributed by atoms with van der Waals surface area (Å²) in [6.07, 6.45) is 0. The van der Waals surface area contributed by atoms with Crippen LogP contribution in [-0.4, -0.2) is 40.7 Å². The van der Waals surface area contributed by atoms with E-state index in [-0.39, 0.29) is 24.3 Å². The Bertz CT molecular complexity index is 395. The van der Waals surface area contributed by atoms with E-state index in [2.05, 4.69) is 15.9 Å². The van der Waals surface area contributed by atoms with Crippen LogP contribution in [0, 0.1) is 0 Å². The first-order valence-electron chi connectivity index (χ1n) is 4.84. The molecule has 1 aromatic carbocycles. The van der Waals surface area contributed by atoms with Crippen molar-refractivity contribution < 1.29 is 15.0 Å². The zero-order chi connectivity index (χ0) is 12.3. The van der Waals surface area contributed by atoms with Gasteiger partial charge in [0.15, 0.2) is 0 Å². The Morgan fingerprint density at radius 3 is 2.69 bits per heavy atom. The number of hydrogen-bond acceptors (Lipinski definition) is 3. The monoisotopic (exact) mass is 287 g/mol. The van der Waals surface area contributed by atoms with Crippen molar-refractivity contribution in [3.8, 4) is 5.75 Å². The maximum absolute atomic E-state index is 11.9. The van der Waals surface area contributed by atoms with Gasteiger partial charge in [-0.05, 0) is 41.1 Å². The number of aliphatic hydroxyl groups excluding tert-OH is 1. The van der Waals surface area contributed by atoms with Crippen LogP contribution in [0.1, 0.15) is 17.3 Å². The second-order valence-corrected chi connectivity index (χ2v) is 4.47. The van der Waals surface area contributed by atoms with E-state index in [1.54, 1.807) is 26.1 Å². The first-order chi connectivity index (χ1) is 7.47. The Hall–Kier alpha value is -1.07. The lowest BCUT2D eigenvalue weighted by Gasteiger charge is -2.23. The highest BCUT2D eigenvalue weighted by atomic mass is 79.9. The number of phenols is 1. The summed E-state index contributed by atoms with van der Waals surface area (Å²) in [6, 6.07) is 4.37. The standard InChI is InChI=1S/C11H14BrNO3/c1-7(6-14)13(2)11(16)8-3-4-9(12)10(15)5-8/h3-5,7,14-15H,6H2,1-2H3. The molecule has 0 fully saturated rings. The molecule has 0 bridgehead atoms. The number of aliphatic hydroxyl groups is 1. The van der Waals surface area contributed by atoms with Gasteiger partial charge in [0.05, 0.1) is 17.1 Å². The number of benzene rings is 1. The van der Waals surface area contributed by atoms with Gasteiger partial charge in [-0.25, -0.2) is 0 Å². The van der Waals surface area contributed by atoms with Crippen molar-refractivity contribution in [1.29, 1.82) is 0 Å². The summed E-state index contributed by atoms with van der Waals surface area (Å²) >= 11 is 3.14. The fraction of sp³-hybridized carbons (Fsp3) is 0.364. The summed E-state index contributed by atoms with van der Waals surface area (Å²) < 4.78 is 0.543. The average molecular weight is 288 g/mol. The molecule has 1 atom stereocenters. The number of aromatic hydroxyl groups is 1. The molecule has 88 valence electrons. The second kappa shape index (κ2) is 5.32. The molecule has 2 N–H and O–H groups in total. The van der Waals surface area contributed by atoms with E-state index in [1.807, 2.05) is 0 Å². The van der Waals surface area contributed by atoms with Gasteiger partial charge in [0.1, 0.15) is 5.75 Å². The third kappa shape index (κ3) is 2.74. The second-order valence-electron chi connectivity index (χ2n) is 3.61. The van der Waals surface area contributed by atoms with Crippen LogP contribution in [-0.2, 0) is 0 Å². The van der Waals surface area contributed by atoms with Crippen LogP contribution in [0.3, 0.4) is 0 Å². The number of phenolic OH excluding ortho intramolecular Hbond substituents is 1. The molecule has 0 spiro atoms. The molecule has 0 radical (unpaired) electrons. The van der Waals surface area contributed by atoms with E-state index in [0.717, 1.165) is 0 Å². The van der Waals surface area contributed by atoms with Crippen LogP contribution >= 0.6 is 15.9 Å². The molecule has 0 saturated carbocycles. The molecule has 4 nitrogen and oxygen atoms in total. The summed E-state index contributed by atoms with van der Waals surface area (Å²) in [5.41, 5.74) is 0.392. The Morgan fingerprint density at radius 2 is 2.19 bits per heavy atom. The molecule has 0 aliphatic carbocycles. The van der Waals surface area contributed by atoms with Gasteiger partial charge in [-0.2, -0.15) is 0 Å². The van der Waals surface area contributed by atoms with E-state index < -0.39 is 0 Å². The first kappa shape index (κ1) is 13.0. The SMILES string of the molecule is CC(CO)N(C)C(=O)c1ccc(Br)c(O)c1. The summed E-state index contributed by atoms with van der Waals surface area (Å²) in [5, 5.41) is 18.4. The van der Waals surface area contributed by atoms with Crippen molar-refractivity contribution in [1.82, 2.24) is 4.90 Å². The maximum atomic E-state index is 11.9. The van der Waals surface area contributed by atoms with E-state index in [9.17, 15) is 9.90 Å². The zero-order valence-electron chi connectivity index (χ0n) is 9.14. The number of amides is 1. The minimum Gasteiger partial charge on any atom is -0.507 e. The molecule has 16 heavy (non-hydrogen) atoms.